The smallest absolute Gasteiger partial charge is 0.0131 e. The molecule has 0 N–H and O–H groups in total. The maximum absolute atomic E-state index is 2.20. The molecule has 11 heavy (non-hydrogen) atoms. The zero-order chi connectivity index (χ0) is 7.68. The van der Waals surface area contributed by atoms with Crippen LogP contribution in [0.1, 0.15) is 23.6 Å². The molecule has 1 aliphatic rings. The normalized spacial score (nSPS) is 13.5. The molecule has 2 rings (SSSR count). The van der Waals surface area contributed by atoms with Gasteiger partial charge in [0.2, 0.25) is 0 Å². The first-order valence-corrected chi connectivity index (χ1v) is 4.05. The number of hydrogen-bond acceptors (Lipinski definition) is 0. The average Bonchev–Trinajstić information content (AvgIpc) is 2.50. The van der Waals surface area contributed by atoms with Gasteiger partial charge < -0.3 is 0 Å². The van der Waals surface area contributed by atoms with Crippen LogP contribution < -0.4 is 0 Å². The van der Waals surface area contributed by atoms with Crippen molar-refractivity contribution < 1.29 is 0 Å². The maximum Gasteiger partial charge on any atom is 0.0131 e. The minimum absolute atomic E-state index is 1.13. The zero-order valence-electron chi connectivity index (χ0n) is 6.67. The van der Waals surface area contributed by atoms with Crippen LogP contribution in [0.2, 0.25) is 0 Å². The fourth-order valence-electron chi connectivity index (χ4n) is 1.54. The fraction of sp³-hybridized carbons (Fsp3) is 0.182. The molecule has 55 valence electrons. The Hall–Kier alpha value is -1.04. The Bertz CT molecular complexity index is 295. The molecule has 0 nitrogen and oxygen atoms in total. The number of fused-ring (bicyclic) bond motifs is 1. The monoisotopic (exact) mass is 143 g/mol. The van der Waals surface area contributed by atoms with Gasteiger partial charge in [0.1, 0.15) is 0 Å². The Morgan fingerprint density at radius 3 is 3.00 bits per heavy atom. The van der Waals surface area contributed by atoms with Gasteiger partial charge in [-0.3, -0.25) is 0 Å². The van der Waals surface area contributed by atoms with Gasteiger partial charge in [-0.2, -0.15) is 0 Å². The van der Waals surface area contributed by atoms with Crippen LogP contribution >= 0.6 is 0 Å². The summed E-state index contributed by atoms with van der Waals surface area (Å²) in [5.74, 6) is 0. The molecule has 0 saturated heterocycles. The molecule has 0 aliphatic heterocycles. The van der Waals surface area contributed by atoms with Crippen molar-refractivity contribution in [3.8, 4) is 0 Å². The minimum Gasteiger partial charge on any atom is -0.0754 e. The van der Waals surface area contributed by atoms with Crippen molar-refractivity contribution in [2.75, 3.05) is 0 Å². The third-order valence-corrected chi connectivity index (χ3v) is 2.15. The molecule has 0 aromatic heterocycles. The van der Waals surface area contributed by atoms with E-state index in [1.807, 2.05) is 0 Å². The number of benzene rings is 1. The molecule has 0 atom stereocenters. The van der Waals surface area contributed by atoms with Gasteiger partial charge in [-0.1, -0.05) is 37.3 Å². The van der Waals surface area contributed by atoms with Crippen molar-refractivity contribution in [1.29, 1.82) is 0 Å². The van der Waals surface area contributed by atoms with Crippen LogP contribution in [0.5, 0.6) is 0 Å². The highest BCUT2D eigenvalue weighted by molar-refractivity contribution is 5.67. The van der Waals surface area contributed by atoms with E-state index < -0.39 is 0 Å². The van der Waals surface area contributed by atoms with Crippen LogP contribution in [-0.4, -0.2) is 0 Å². The molecule has 1 aromatic rings. The molecule has 0 spiro atoms. The summed E-state index contributed by atoms with van der Waals surface area (Å²) in [6.45, 7) is 2.20. The third kappa shape index (κ3) is 0.988. The van der Waals surface area contributed by atoms with Crippen LogP contribution in [0.3, 0.4) is 0 Å². The summed E-state index contributed by atoms with van der Waals surface area (Å²) in [6, 6.07) is 6.48. The lowest BCUT2D eigenvalue weighted by Crippen LogP contribution is -1.87. The summed E-state index contributed by atoms with van der Waals surface area (Å²) < 4.78 is 0. The van der Waals surface area contributed by atoms with Crippen molar-refractivity contribution in [3.63, 3.8) is 0 Å². The summed E-state index contributed by atoms with van der Waals surface area (Å²) >= 11 is 0. The van der Waals surface area contributed by atoms with E-state index in [9.17, 15) is 0 Å². The van der Waals surface area contributed by atoms with Gasteiger partial charge in [0.05, 0.1) is 0 Å². The second-order valence-corrected chi connectivity index (χ2v) is 2.80. The van der Waals surface area contributed by atoms with E-state index in [1.54, 1.807) is 0 Å². The van der Waals surface area contributed by atoms with Crippen molar-refractivity contribution in [2.24, 2.45) is 0 Å². The van der Waals surface area contributed by atoms with Gasteiger partial charge in [0, 0.05) is 6.42 Å². The van der Waals surface area contributed by atoms with Gasteiger partial charge >= 0.3 is 0 Å². The van der Waals surface area contributed by atoms with Crippen LogP contribution in [0.25, 0.3) is 6.08 Å². The van der Waals surface area contributed by atoms with Crippen molar-refractivity contribution >= 4 is 6.08 Å². The second-order valence-electron chi connectivity index (χ2n) is 2.80. The number of allylic oxidation sites excluding steroid dienone is 1. The fourth-order valence-corrected chi connectivity index (χ4v) is 1.54. The van der Waals surface area contributed by atoms with Crippen molar-refractivity contribution in [3.05, 3.63) is 47.4 Å². The lowest BCUT2D eigenvalue weighted by molar-refractivity contribution is 1.13. The van der Waals surface area contributed by atoms with Gasteiger partial charge in [-0.05, 0) is 23.1 Å². The first-order chi connectivity index (χ1) is 5.42. The lowest BCUT2D eigenvalue weighted by atomic mass is 10.0. The number of rotatable bonds is 1. The Balaban J connectivity index is 2.57. The quantitative estimate of drug-likeness (QED) is 0.567. The Morgan fingerprint density at radius 2 is 2.18 bits per heavy atom. The minimum atomic E-state index is 1.13. The van der Waals surface area contributed by atoms with E-state index in [-0.39, 0.29) is 0 Å². The zero-order valence-corrected chi connectivity index (χ0v) is 6.67. The van der Waals surface area contributed by atoms with Crippen LogP contribution in [0, 0.1) is 6.42 Å². The summed E-state index contributed by atoms with van der Waals surface area (Å²) in [6.07, 6.45) is 7.59. The third-order valence-electron chi connectivity index (χ3n) is 2.15. The predicted octanol–water partition coefficient (Wildman–Crippen LogP) is 2.83. The molecular formula is C11H11. The highest BCUT2D eigenvalue weighted by Gasteiger charge is 2.07. The Kier molecular flexibility index (Phi) is 1.54. The summed E-state index contributed by atoms with van der Waals surface area (Å²) in [4.78, 5) is 0. The van der Waals surface area contributed by atoms with Gasteiger partial charge in [0.15, 0.2) is 0 Å². The molecule has 0 bridgehead atoms. The highest BCUT2D eigenvalue weighted by atomic mass is 14.1. The van der Waals surface area contributed by atoms with E-state index in [1.165, 1.54) is 16.7 Å². The molecule has 1 aliphatic carbocycles. The van der Waals surface area contributed by atoms with Crippen LogP contribution in [0.4, 0.5) is 0 Å². The molecule has 0 amide bonds. The van der Waals surface area contributed by atoms with E-state index in [4.69, 9.17) is 0 Å². The second kappa shape index (κ2) is 2.54. The topological polar surface area (TPSA) is 0 Å². The van der Waals surface area contributed by atoms with Gasteiger partial charge in [0.25, 0.3) is 0 Å². The summed E-state index contributed by atoms with van der Waals surface area (Å²) in [7, 11) is 0. The Labute approximate surface area is 67.6 Å². The van der Waals surface area contributed by atoms with Crippen molar-refractivity contribution in [2.45, 2.75) is 13.3 Å². The van der Waals surface area contributed by atoms with Crippen LogP contribution in [-0.2, 0) is 6.42 Å². The van der Waals surface area contributed by atoms with Gasteiger partial charge in [-0.15, -0.1) is 0 Å². The van der Waals surface area contributed by atoms with E-state index in [0.717, 1.165) is 6.42 Å². The summed E-state index contributed by atoms with van der Waals surface area (Å²) in [5.41, 5.74) is 4.23. The van der Waals surface area contributed by atoms with Gasteiger partial charge in [-0.25, -0.2) is 0 Å². The molecule has 1 aromatic carbocycles. The first kappa shape index (κ1) is 6.66. The van der Waals surface area contributed by atoms with Crippen LogP contribution in [0.15, 0.2) is 24.3 Å². The number of hydrogen-bond donors (Lipinski definition) is 0. The van der Waals surface area contributed by atoms with Crippen molar-refractivity contribution in [1.82, 2.24) is 0 Å². The molecule has 0 fully saturated rings. The average molecular weight is 143 g/mol. The lowest BCUT2D eigenvalue weighted by Gasteiger charge is -2.03. The number of aryl methyl sites for hydroxylation is 1. The maximum atomic E-state index is 2.20. The first-order valence-electron chi connectivity index (χ1n) is 4.05. The van der Waals surface area contributed by atoms with E-state index in [0.29, 0.717) is 0 Å². The molecule has 0 saturated carbocycles. The SMILES string of the molecule is CCc1cccc2c1C=C[CH]2. The molecular weight excluding hydrogens is 132 g/mol. The van der Waals surface area contributed by atoms with E-state index >= 15 is 0 Å². The standard InChI is InChI=1S/C11H11/c1-2-9-5-3-6-10-7-4-8-11(9)10/h3-8H,2H2,1H3. The largest absolute Gasteiger partial charge is 0.0754 e. The van der Waals surface area contributed by atoms with E-state index in [2.05, 4.69) is 43.7 Å². The molecule has 1 radical (unpaired) electrons. The highest BCUT2D eigenvalue weighted by Crippen LogP contribution is 2.24. The summed E-state index contributed by atoms with van der Waals surface area (Å²) in [5, 5.41) is 0. The molecule has 0 heterocycles. The molecule has 0 unspecified atom stereocenters. The molecule has 0 heteroatoms. The Morgan fingerprint density at radius 1 is 1.27 bits per heavy atom. The predicted molar refractivity (Wildman–Crippen MR) is 48.3 cm³/mol.